The van der Waals surface area contributed by atoms with Crippen molar-refractivity contribution in [2.75, 3.05) is 38.2 Å². The standard InChI is InChI=1S/C15H22N2O/c1-18-15-8-3-2-7-14(15)17-11-10-16-9-5-4-6-13(16)12-17/h2-3,7-8,13H,4-6,9-12H2,1H3. The Hall–Kier alpha value is -1.22. The number of piperidine rings is 1. The number of hydrogen-bond acceptors (Lipinski definition) is 3. The Bertz CT molecular complexity index is 407. The van der Waals surface area contributed by atoms with Crippen molar-refractivity contribution in [1.82, 2.24) is 4.90 Å². The third-order valence-corrected chi connectivity index (χ3v) is 4.26. The normalized spacial score (nSPS) is 24.7. The van der Waals surface area contributed by atoms with Gasteiger partial charge in [0.15, 0.2) is 0 Å². The van der Waals surface area contributed by atoms with Crippen LogP contribution in [-0.4, -0.2) is 44.2 Å². The predicted octanol–water partition coefficient (Wildman–Crippen LogP) is 2.37. The van der Waals surface area contributed by atoms with Gasteiger partial charge in [-0.2, -0.15) is 0 Å². The average Bonchev–Trinajstić information content (AvgIpc) is 2.46. The van der Waals surface area contributed by atoms with Crippen LogP contribution in [0.3, 0.4) is 0 Å². The highest BCUT2D eigenvalue weighted by Crippen LogP contribution is 2.31. The molecule has 2 fully saturated rings. The lowest BCUT2D eigenvalue weighted by molar-refractivity contribution is 0.133. The number of methoxy groups -OCH3 is 1. The van der Waals surface area contributed by atoms with Crippen LogP contribution >= 0.6 is 0 Å². The lowest BCUT2D eigenvalue weighted by atomic mass is 9.99. The first-order valence-corrected chi connectivity index (χ1v) is 7.00. The second kappa shape index (κ2) is 5.19. The van der Waals surface area contributed by atoms with Crippen LogP contribution in [-0.2, 0) is 0 Å². The molecule has 3 nitrogen and oxygen atoms in total. The van der Waals surface area contributed by atoms with Gasteiger partial charge in [-0.1, -0.05) is 18.6 Å². The summed E-state index contributed by atoms with van der Waals surface area (Å²) >= 11 is 0. The summed E-state index contributed by atoms with van der Waals surface area (Å²) in [7, 11) is 1.76. The van der Waals surface area contributed by atoms with Crippen molar-refractivity contribution in [3.63, 3.8) is 0 Å². The molecule has 2 saturated heterocycles. The zero-order chi connectivity index (χ0) is 12.4. The molecule has 3 heteroatoms. The fourth-order valence-corrected chi connectivity index (χ4v) is 3.27. The first-order valence-electron chi connectivity index (χ1n) is 7.00. The zero-order valence-corrected chi connectivity index (χ0v) is 11.1. The van der Waals surface area contributed by atoms with E-state index in [1.807, 2.05) is 6.07 Å². The molecule has 2 heterocycles. The number of ether oxygens (including phenoxy) is 1. The predicted molar refractivity (Wildman–Crippen MR) is 74.4 cm³/mol. The van der Waals surface area contributed by atoms with Crippen LogP contribution in [0.1, 0.15) is 19.3 Å². The number of piperazine rings is 1. The summed E-state index contributed by atoms with van der Waals surface area (Å²) in [4.78, 5) is 5.15. The van der Waals surface area contributed by atoms with E-state index in [2.05, 4.69) is 28.0 Å². The van der Waals surface area contributed by atoms with Gasteiger partial charge in [-0.25, -0.2) is 0 Å². The van der Waals surface area contributed by atoms with Gasteiger partial charge < -0.3 is 9.64 Å². The van der Waals surface area contributed by atoms with Crippen molar-refractivity contribution < 1.29 is 4.74 Å². The fraction of sp³-hybridized carbons (Fsp3) is 0.600. The van der Waals surface area contributed by atoms with Crippen LogP contribution in [0.15, 0.2) is 24.3 Å². The lowest BCUT2D eigenvalue weighted by Gasteiger charge is -2.45. The lowest BCUT2D eigenvalue weighted by Crippen LogP contribution is -2.54. The minimum absolute atomic E-state index is 0.748. The molecule has 2 aliphatic heterocycles. The highest BCUT2D eigenvalue weighted by atomic mass is 16.5. The van der Waals surface area contributed by atoms with Crippen LogP contribution < -0.4 is 9.64 Å². The molecule has 1 unspecified atom stereocenters. The van der Waals surface area contributed by atoms with Crippen LogP contribution in [0.4, 0.5) is 5.69 Å². The Balaban J connectivity index is 1.77. The molecule has 2 aliphatic rings. The highest BCUT2D eigenvalue weighted by molar-refractivity contribution is 5.58. The van der Waals surface area contributed by atoms with Gasteiger partial charge in [0, 0.05) is 25.7 Å². The van der Waals surface area contributed by atoms with E-state index >= 15 is 0 Å². The molecule has 98 valence electrons. The summed E-state index contributed by atoms with van der Waals surface area (Å²) in [5.41, 5.74) is 1.25. The summed E-state index contributed by atoms with van der Waals surface area (Å²) in [6.45, 7) is 4.77. The van der Waals surface area contributed by atoms with Gasteiger partial charge in [0.05, 0.1) is 12.8 Å². The van der Waals surface area contributed by atoms with Crippen molar-refractivity contribution in [1.29, 1.82) is 0 Å². The van der Waals surface area contributed by atoms with E-state index in [9.17, 15) is 0 Å². The summed E-state index contributed by atoms with van der Waals surface area (Å²) in [6.07, 6.45) is 4.12. The SMILES string of the molecule is COc1ccccc1N1CCN2CCCCC2C1. The van der Waals surface area contributed by atoms with E-state index in [1.54, 1.807) is 7.11 Å². The molecule has 1 atom stereocenters. The Morgan fingerprint density at radius 3 is 2.89 bits per heavy atom. The molecule has 0 aliphatic carbocycles. The summed E-state index contributed by atoms with van der Waals surface area (Å²) in [6, 6.07) is 9.13. The molecule has 1 aromatic rings. The zero-order valence-electron chi connectivity index (χ0n) is 11.1. The smallest absolute Gasteiger partial charge is 0.142 e. The maximum atomic E-state index is 5.48. The van der Waals surface area contributed by atoms with Gasteiger partial charge in [0.25, 0.3) is 0 Å². The maximum Gasteiger partial charge on any atom is 0.142 e. The van der Waals surface area contributed by atoms with Crippen LogP contribution in [0.25, 0.3) is 0 Å². The number of nitrogens with zero attached hydrogens (tertiary/aromatic N) is 2. The van der Waals surface area contributed by atoms with Gasteiger partial charge in [0.1, 0.15) is 5.75 Å². The van der Waals surface area contributed by atoms with E-state index < -0.39 is 0 Å². The van der Waals surface area contributed by atoms with E-state index in [0.29, 0.717) is 0 Å². The first kappa shape index (κ1) is 11.8. The summed E-state index contributed by atoms with van der Waals surface area (Å²) in [5, 5.41) is 0. The minimum Gasteiger partial charge on any atom is -0.495 e. The number of hydrogen-bond donors (Lipinski definition) is 0. The first-order chi connectivity index (χ1) is 8.88. The van der Waals surface area contributed by atoms with Crippen molar-refractivity contribution >= 4 is 5.69 Å². The Morgan fingerprint density at radius 1 is 1.11 bits per heavy atom. The van der Waals surface area contributed by atoms with Gasteiger partial charge in [-0.15, -0.1) is 0 Å². The van der Waals surface area contributed by atoms with Crippen molar-refractivity contribution in [3.05, 3.63) is 24.3 Å². The average molecular weight is 246 g/mol. The molecule has 0 saturated carbocycles. The third kappa shape index (κ3) is 2.19. The van der Waals surface area contributed by atoms with E-state index in [0.717, 1.165) is 24.9 Å². The number of anilines is 1. The Kier molecular flexibility index (Phi) is 3.41. The Labute approximate surface area is 109 Å². The van der Waals surface area contributed by atoms with E-state index in [-0.39, 0.29) is 0 Å². The monoisotopic (exact) mass is 246 g/mol. The summed E-state index contributed by atoms with van der Waals surface area (Å²) in [5.74, 6) is 1.00. The largest absolute Gasteiger partial charge is 0.495 e. The molecule has 0 bridgehead atoms. The molecule has 0 aromatic heterocycles. The molecular weight excluding hydrogens is 224 g/mol. The maximum absolute atomic E-state index is 5.48. The second-order valence-electron chi connectivity index (χ2n) is 5.30. The van der Waals surface area contributed by atoms with Gasteiger partial charge >= 0.3 is 0 Å². The Morgan fingerprint density at radius 2 is 2.00 bits per heavy atom. The van der Waals surface area contributed by atoms with Crippen molar-refractivity contribution in [2.24, 2.45) is 0 Å². The topological polar surface area (TPSA) is 15.7 Å². The number of rotatable bonds is 2. The quantitative estimate of drug-likeness (QED) is 0.797. The number of fused-ring (bicyclic) bond motifs is 1. The van der Waals surface area contributed by atoms with Crippen LogP contribution in [0.2, 0.25) is 0 Å². The van der Waals surface area contributed by atoms with E-state index in [4.69, 9.17) is 4.74 Å². The number of para-hydroxylation sites is 2. The van der Waals surface area contributed by atoms with Gasteiger partial charge in [-0.05, 0) is 31.5 Å². The van der Waals surface area contributed by atoms with Crippen LogP contribution in [0.5, 0.6) is 5.75 Å². The molecule has 0 amide bonds. The molecule has 0 radical (unpaired) electrons. The van der Waals surface area contributed by atoms with Crippen molar-refractivity contribution in [3.8, 4) is 5.75 Å². The molecule has 1 aromatic carbocycles. The molecule has 3 rings (SSSR count). The molecular formula is C15H22N2O. The number of benzene rings is 1. The molecule has 0 N–H and O–H groups in total. The van der Waals surface area contributed by atoms with Crippen molar-refractivity contribution in [2.45, 2.75) is 25.3 Å². The van der Waals surface area contributed by atoms with E-state index in [1.165, 1.54) is 38.0 Å². The second-order valence-corrected chi connectivity index (χ2v) is 5.30. The third-order valence-electron chi connectivity index (χ3n) is 4.26. The van der Waals surface area contributed by atoms with Gasteiger partial charge in [-0.3, -0.25) is 4.90 Å². The van der Waals surface area contributed by atoms with Crippen LogP contribution in [0, 0.1) is 0 Å². The minimum atomic E-state index is 0.748. The molecule has 0 spiro atoms. The van der Waals surface area contributed by atoms with Gasteiger partial charge in [0.2, 0.25) is 0 Å². The summed E-state index contributed by atoms with van der Waals surface area (Å²) < 4.78 is 5.48. The fourth-order valence-electron chi connectivity index (χ4n) is 3.27. The highest BCUT2D eigenvalue weighted by Gasteiger charge is 2.29. The molecule has 18 heavy (non-hydrogen) atoms.